The van der Waals surface area contributed by atoms with E-state index in [-0.39, 0.29) is 22.9 Å². The molecule has 2 aromatic rings. The molecule has 31 heavy (non-hydrogen) atoms. The fourth-order valence-corrected chi connectivity index (χ4v) is 5.01. The summed E-state index contributed by atoms with van der Waals surface area (Å²) in [5.74, 6) is -0.0514. The number of benzene rings is 2. The SMILES string of the molecule is CCN(CCOOSc1ccc(N)c(S(=O)(=O)O)c1)CCS(=O)(=O)c1ccc(N)cc1. The zero-order chi connectivity index (χ0) is 23.1. The van der Waals surface area contributed by atoms with Crippen LogP contribution in [-0.4, -0.2) is 58.3 Å². The van der Waals surface area contributed by atoms with Crippen LogP contribution in [0.1, 0.15) is 6.92 Å². The predicted octanol–water partition coefficient (Wildman–Crippen LogP) is 1.85. The Kier molecular flexibility index (Phi) is 9.12. The van der Waals surface area contributed by atoms with Crippen molar-refractivity contribution in [3.8, 4) is 0 Å². The van der Waals surface area contributed by atoms with Gasteiger partial charge in [-0.1, -0.05) is 6.92 Å². The van der Waals surface area contributed by atoms with Gasteiger partial charge in [0.1, 0.15) is 4.90 Å². The second-order valence-corrected chi connectivity index (χ2v) is 10.7. The van der Waals surface area contributed by atoms with Gasteiger partial charge in [-0.15, -0.1) is 0 Å². The summed E-state index contributed by atoms with van der Waals surface area (Å²) < 4.78 is 61.5. The third-order valence-electron chi connectivity index (χ3n) is 4.29. The Labute approximate surface area is 186 Å². The smallest absolute Gasteiger partial charge is 0.296 e. The molecule has 0 heterocycles. The molecule has 13 heteroatoms. The van der Waals surface area contributed by atoms with Crippen molar-refractivity contribution in [1.29, 1.82) is 0 Å². The van der Waals surface area contributed by atoms with E-state index in [1.807, 2.05) is 11.8 Å². The summed E-state index contributed by atoms with van der Waals surface area (Å²) in [6, 6.07) is 10.1. The largest absolute Gasteiger partial charge is 0.399 e. The Morgan fingerprint density at radius 3 is 2.32 bits per heavy atom. The highest BCUT2D eigenvalue weighted by Gasteiger charge is 2.17. The number of nitrogens with zero attached hydrogens (tertiary/aromatic N) is 1. The lowest BCUT2D eigenvalue weighted by Crippen LogP contribution is -2.32. The first-order valence-electron chi connectivity index (χ1n) is 9.16. The van der Waals surface area contributed by atoms with Gasteiger partial charge in [0, 0.05) is 23.7 Å². The molecule has 0 bridgehead atoms. The number of sulfone groups is 1. The van der Waals surface area contributed by atoms with Gasteiger partial charge in [0.05, 0.1) is 35.0 Å². The Morgan fingerprint density at radius 1 is 1.03 bits per heavy atom. The summed E-state index contributed by atoms with van der Waals surface area (Å²) in [6.07, 6.45) is 0. The third-order valence-corrected chi connectivity index (χ3v) is 7.53. The second-order valence-electron chi connectivity index (χ2n) is 6.47. The standard InChI is InChI=1S/C18H25N3O7S3/c1-2-21(10-12-30(22,23)16-6-3-14(19)4-7-16)9-11-27-28-29-15-5-8-17(20)18(13-15)31(24,25)26/h3-8,13H,2,9-12,19-20H2,1H3,(H,24,25,26). The van der Waals surface area contributed by atoms with Crippen LogP contribution in [0, 0.1) is 0 Å². The van der Waals surface area contributed by atoms with Gasteiger partial charge in [0.2, 0.25) is 0 Å². The average molecular weight is 492 g/mol. The predicted molar refractivity (Wildman–Crippen MR) is 119 cm³/mol. The van der Waals surface area contributed by atoms with Gasteiger partial charge >= 0.3 is 0 Å². The molecule has 0 amide bonds. The minimum Gasteiger partial charge on any atom is -0.399 e. The van der Waals surface area contributed by atoms with E-state index in [9.17, 15) is 16.8 Å². The molecular weight excluding hydrogens is 466 g/mol. The number of hydrogen-bond acceptors (Lipinski definition) is 10. The quantitative estimate of drug-likeness (QED) is 0.0991. The topological polar surface area (TPSA) is 162 Å². The molecule has 2 rings (SSSR count). The molecule has 0 radical (unpaired) electrons. The Morgan fingerprint density at radius 2 is 1.71 bits per heavy atom. The number of hydrogen-bond donors (Lipinski definition) is 3. The van der Waals surface area contributed by atoms with Crippen molar-refractivity contribution in [2.45, 2.75) is 21.6 Å². The Bertz CT molecular complexity index is 1080. The fourth-order valence-electron chi connectivity index (χ4n) is 2.52. The lowest BCUT2D eigenvalue weighted by molar-refractivity contribution is -0.193. The van der Waals surface area contributed by atoms with Crippen LogP contribution in [-0.2, 0) is 29.2 Å². The van der Waals surface area contributed by atoms with Crippen LogP contribution < -0.4 is 11.5 Å². The number of nitrogen functional groups attached to an aromatic ring is 2. The van der Waals surface area contributed by atoms with Crippen molar-refractivity contribution in [1.82, 2.24) is 4.90 Å². The lowest BCUT2D eigenvalue weighted by atomic mass is 10.3. The monoisotopic (exact) mass is 491 g/mol. The number of nitrogens with two attached hydrogens (primary N) is 2. The normalized spacial score (nSPS) is 12.4. The molecule has 0 saturated carbocycles. The molecule has 0 aliphatic rings. The maximum absolute atomic E-state index is 12.4. The lowest BCUT2D eigenvalue weighted by Gasteiger charge is -2.19. The summed E-state index contributed by atoms with van der Waals surface area (Å²) in [6.45, 7) is 3.41. The maximum atomic E-state index is 12.4. The van der Waals surface area contributed by atoms with Crippen molar-refractivity contribution < 1.29 is 30.6 Å². The van der Waals surface area contributed by atoms with Gasteiger partial charge in [-0.05, 0) is 49.0 Å². The molecule has 0 aliphatic carbocycles. The number of anilines is 2. The summed E-state index contributed by atoms with van der Waals surface area (Å²) >= 11 is 0.757. The second kappa shape index (κ2) is 11.1. The van der Waals surface area contributed by atoms with E-state index in [0.717, 1.165) is 12.0 Å². The van der Waals surface area contributed by atoms with Crippen molar-refractivity contribution in [3.63, 3.8) is 0 Å². The highest BCUT2D eigenvalue weighted by molar-refractivity contribution is 7.94. The van der Waals surface area contributed by atoms with Crippen LogP contribution in [0.25, 0.3) is 0 Å². The molecule has 2 aromatic carbocycles. The molecule has 10 nitrogen and oxygen atoms in total. The van der Waals surface area contributed by atoms with E-state index in [1.165, 1.54) is 30.3 Å². The highest BCUT2D eigenvalue weighted by atomic mass is 32.2. The first-order valence-corrected chi connectivity index (χ1v) is 13.0. The van der Waals surface area contributed by atoms with Crippen molar-refractivity contribution in [3.05, 3.63) is 42.5 Å². The fraction of sp³-hybridized carbons (Fsp3) is 0.333. The molecule has 172 valence electrons. The van der Waals surface area contributed by atoms with Crippen molar-refractivity contribution in [2.75, 3.05) is 43.5 Å². The van der Waals surface area contributed by atoms with Crippen LogP contribution in [0.2, 0.25) is 0 Å². The molecule has 0 aromatic heterocycles. The van der Waals surface area contributed by atoms with Gasteiger partial charge in [0.15, 0.2) is 9.84 Å². The molecule has 0 fully saturated rings. The summed E-state index contributed by atoms with van der Waals surface area (Å²) in [7, 11) is -7.87. The van der Waals surface area contributed by atoms with Crippen molar-refractivity contribution in [2.24, 2.45) is 0 Å². The maximum Gasteiger partial charge on any atom is 0.296 e. The minimum atomic E-state index is -4.44. The van der Waals surface area contributed by atoms with E-state index < -0.39 is 24.9 Å². The van der Waals surface area contributed by atoms with Gasteiger partial charge in [-0.25, -0.2) is 13.3 Å². The van der Waals surface area contributed by atoms with E-state index in [2.05, 4.69) is 0 Å². The van der Waals surface area contributed by atoms with E-state index in [4.69, 9.17) is 25.2 Å². The first-order chi connectivity index (χ1) is 14.5. The summed E-state index contributed by atoms with van der Waals surface area (Å²) in [5.41, 5.74) is 11.5. The Hall–Kier alpha value is -1.87. The third kappa shape index (κ3) is 7.96. The molecular formula is C18H25N3O7S3. The van der Waals surface area contributed by atoms with E-state index >= 15 is 0 Å². The highest BCUT2D eigenvalue weighted by Crippen LogP contribution is 2.26. The van der Waals surface area contributed by atoms with Gasteiger partial charge in [0.25, 0.3) is 10.1 Å². The van der Waals surface area contributed by atoms with Gasteiger partial charge in [-0.2, -0.15) is 12.8 Å². The van der Waals surface area contributed by atoms with Crippen LogP contribution in [0.3, 0.4) is 0 Å². The number of rotatable bonds is 12. The van der Waals surface area contributed by atoms with Gasteiger partial charge < -0.3 is 16.4 Å². The minimum absolute atomic E-state index is 0.0514. The van der Waals surface area contributed by atoms with Crippen molar-refractivity contribution >= 4 is 43.4 Å². The Balaban J connectivity index is 1.78. The van der Waals surface area contributed by atoms with E-state index in [1.54, 1.807) is 12.1 Å². The van der Waals surface area contributed by atoms with E-state index in [0.29, 0.717) is 30.2 Å². The van der Waals surface area contributed by atoms with Crippen LogP contribution >= 0.6 is 12.0 Å². The molecule has 0 unspecified atom stereocenters. The molecule has 0 aliphatic heterocycles. The molecule has 0 spiro atoms. The van der Waals surface area contributed by atoms with Gasteiger partial charge in [-0.3, -0.25) is 4.55 Å². The van der Waals surface area contributed by atoms with Crippen LogP contribution in [0.5, 0.6) is 0 Å². The number of likely N-dealkylation sites (N-methyl/N-ethyl adjacent to an activating group) is 1. The molecule has 0 saturated heterocycles. The molecule has 5 N–H and O–H groups in total. The van der Waals surface area contributed by atoms with Crippen LogP contribution in [0.15, 0.2) is 57.2 Å². The average Bonchev–Trinajstić information content (AvgIpc) is 2.70. The molecule has 0 atom stereocenters. The summed E-state index contributed by atoms with van der Waals surface area (Å²) in [4.78, 5) is 7.13. The summed E-state index contributed by atoms with van der Waals surface area (Å²) in [5, 5.41) is 0. The van der Waals surface area contributed by atoms with Crippen LogP contribution in [0.4, 0.5) is 11.4 Å². The zero-order valence-electron chi connectivity index (χ0n) is 16.8. The zero-order valence-corrected chi connectivity index (χ0v) is 19.2. The first kappa shape index (κ1) is 25.4.